The number of pyridine rings is 1. The molecule has 0 aliphatic rings. The van der Waals surface area contributed by atoms with Crippen molar-refractivity contribution in [1.29, 1.82) is 0 Å². The number of fused-ring (bicyclic) bond motifs is 1. The van der Waals surface area contributed by atoms with E-state index >= 15 is 0 Å². The highest BCUT2D eigenvalue weighted by Gasteiger charge is 2.10. The Bertz CT molecular complexity index is 781. The number of aromatic nitrogens is 3. The molecule has 2 aromatic heterocycles. The van der Waals surface area contributed by atoms with Crippen LogP contribution in [0.3, 0.4) is 0 Å². The summed E-state index contributed by atoms with van der Waals surface area (Å²) in [6.45, 7) is 4.05. The second kappa shape index (κ2) is 4.89. The number of benzene rings is 1. The van der Waals surface area contributed by atoms with Gasteiger partial charge in [-0.15, -0.1) is 0 Å². The monoisotopic (exact) mass is 264 g/mol. The van der Waals surface area contributed by atoms with Crippen molar-refractivity contribution in [2.24, 2.45) is 0 Å². The first-order chi connectivity index (χ1) is 9.69. The van der Waals surface area contributed by atoms with Crippen molar-refractivity contribution in [3.63, 3.8) is 0 Å². The molecular weight excluding hydrogens is 248 g/mol. The molecule has 1 aromatic carbocycles. The van der Waals surface area contributed by atoms with Crippen molar-refractivity contribution in [3.8, 4) is 11.3 Å². The number of nitrogens with zero attached hydrogens (tertiary/aromatic N) is 3. The molecule has 0 radical (unpaired) electrons. The van der Waals surface area contributed by atoms with Gasteiger partial charge < -0.3 is 5.73 Å². The zero-order chi connectivity index (χ0) is 14.1. The Morgan fingerprint density at radius 1 is 1.10 bits per heavy atom. The summed E-state index contributed by atoms with van der Waals surface area (Å²) in [4.78, 5) is 13.0. The summed E-state index contributed by atoms with van der Waals surface area (Å²) < 4.78 is 0. The lowest BCUT2D eigenvalue weighted by atomic mass is 10.0. The third-order valence-corrected chi connectivity index (χ3v) is 3.43. The Balaban J connectivity index is 2.20. The molecule has 0 saturated heterocycles. The lowest BCUT2D eigenvalue weighted by molar-refractivity contribution is 1.06. The molecule has 0 aliphatic heterocycles. The maximum absolute atomic E-state index is 5.94. The van der Waals surface area contributed by atoms with E-state index in [1.54, 1.807) is 0 Å². The smallest absolute Gasteiger partial charge is 0.130 e. The summed E-state index contributed by atoms with van der Waals surface area (Å²) >= 11 is 0. The van der Waals surface area contributed by atoms with Crippen LogP contribution in [0, 0.1) is 6.92 Å². The summed E-state index contributed by atoms with van der Waals surface area (Å²) in [6, 6.07) is 10.3. The maximum atomic E-state index is 5.94. The van der Waals surface area contributed by atoms with E-state index in [0.717, 1.165) is 39.8 Å². The van der Waals surface area contributed by atoms with Crippen LogP contribution in [0.2, 0.25) is 0 Å². The number of hydrogen-bond acceptors (Lipinski definition) is 4. The molecule has 0 saturated carbocycles. The average molecular weight is 264 g/mol. The molecule has 0 bridgehead atoms. The summed E-state index contributed by atoms with van der Waals surface area (Å²) in [5.74, 6) is 0.555. The van der Waals surface area contributed by atoms with Gasteiger partial charge in [-0.1, -0.05) is 19.1 Å². The number of nitrogen functional groups attached to an aromatic ring is 1. The predicted octanol–water partition coefficient (Wildman–Crippen LogP) is 3.14. The lowest BCUT2D eigenvalue weighted by Gasteiger charge is -2.09. The highest BCUT2D eigenvalue weighted by molar-refractivity contribution is 5.84. The SMILES string of the molecule is CCc1c(N)ncnc1-c1ccc2nc(C)ccc2c1. The van der Waals surface area contributed by atoms with Crippen LogP contribution in [-0.2, 0) is 6.42 Å². The van der Waals surface area contributed by atoms with Gasteiger partial charge in [-0.25, -0.2) is 9.97 Å². The molecule has 3 rings (SSSR count). The Kier molecular flexibility index (Phi) is 3.06. The van der Waals surface area contributed by atoms with E-state index in [-0.39, 0.29) is 0 Å². The molecule has 100 valence electrons. The fourth-order valence-electron chi connectivity index (χ4n) is 2.40. The molecule has 0 aliphatic carbocycles. The first kappa shape index (κ1) is 12.5. The van der Waals surface area contributed by atoms with Crippen molar-refractivity contribution < 1.29 is 0 Å². The molecule has 0 spiro atoms. The lowest BCUT2D eigenvalue weighted by Crippen LogP contribution is -2.01. The van der Waals surface area contributed by atoms with Gasteiger partial charge in [0.05, 0.1) is 11.2 Å². The zero-order valence-electron chi connectivity index (χ0n) is 11.6. The van der Waals surface area contributed by atoms with Crippen molar-refractivity contribution in [1.82, 2.24) is 15.0 Å². The van der Waals surface area contributed by atoms with Gasteiger partial charge in [-0.05, 0) is 31.5 Å². The van der Waals surface area contributed by atoms with Gasteiger partial charge in [0.15, 0.2) is 0 Å². The summed E-state index contributed by atoms with van der Waals surface area (Å²) in [6.07, 6.45) is 2.33. The van der Waals surface area contributed by atoms with E-state index in [1.807, 2.05) is 25.1 Å². The zero-order valence-corrected chi connectivity index (χ0v) is 11.6. The Morgan fingerprint density at radius 2 is 1.95 bits per heavy atom. The largest absolute Gasteiger partial charge is 0.383 e. The minimum Gasteiger partial charge on any atom is -0.383 e. The van der Waals surface area contributed by atoms with Crippen LogP contribution >= 0.6 is 0 Å². The van der Waals surface area contributed by atoms with Crippen LogP contribution in [-0.4, -0.2) is 15.0 Å². The standard InChI is InChI=1S/C16H16N4/c1-3-13-15(18-9-19-16(13)17)12-6-7-14-11(8-12)5-4-10(2)20-14/h4-9H,3H2,1-2H3,(H2,17,18,19). The Hall–Kier alpha value is -2.49. The predicted molar refractivity (Wildman–Crippen MR) is 81.3 cm³/mol. The van der Waals surface area contributed by atoms with Crippen LogP contribution in [0.25, 0.3) is 22.2 Å². The molecule has 0 amide bonds. The fourth-order valence-corrected chi connectivity index (χ4v) is 2.40. The highest BCUT2D eigenvalue weighted by atomic mass is 14.9. The van der Waals surface area contributed by atoms with Crippen molar-refractivity contribution in [3.05, 3.63) is 47.9 Å². The first-order valence-corrected chi connectivity index (χ1v) is 6.66. The van der Waals surface area contributed by atoms with Crippen molar-refractivity contribution in [2.75, 3.05) is 5.73 Å². The molecule has 20 heavy (non-hydrogen) atoms. The maximum Gasteiger partial charge on any atom is 0.130 e. The third kappa shape index (κ3) is 2.09. The molecule has 2 N–H and O–H groups in total. The molecule has 0 atom stereocenters. The molecule has 0 unspecified atom stereocenters. The highest BCUT2D eigenvalue weighted by Crippen LogP contribution is 2.27. The van der Waals surface area contributed by atoms with Gasteiger partial charge in [0.2, 0.25) is 0 Å². The number of rotatable bonds is 2. The second-order valence-electron chi connectivity index (χ2n) is 4.80. The normalized spacial score (nSPS) is 10.9. The molecule has 4 heteroatoms. The molecule has 4 nitrogen and oxygen atoms in total. The van der Waals surface area contributed by atoms with E-state index < -0.39 is 0 Å². The van der Waals surface area contributed by atoms with Gasteiger partial charge in [-0.3, -0.25) is 4.98 Å². The van der Waals surface area contributed by atoms with Gasteiger partial charge >= 0.3 is 0 Å². The van der Waals surface area contributed by atoms with Crippen LogP contribution in [0.15, 0.2) is 36.7 Å². The fraction of sp³-hybridized carbons (Fsp3) is 0.188. The number of nitrogens with two attached hydrogens (primary N) is 1. The minimum atomic E-state index is 0.555. The molecule has 0 fully saturated rings. The van der Waals surface area contributed by atoms with Crippen molar-refractivity contribution >= 4 is 16.7 Å². The van der Waals surface area contributed by atoms with Crippen LogP contribution in [0.5, 0.6) is 0 Å². The van der Waals surface area contributed by atoms with Crippen molar-refractivity contribution in [2.45, 2.75) is 20.3 Å². The molecule has 3 aromatic rings. The quantitative estimate of drug-likeness (QED) is 0.772. The Labute approximate surface area is 117 Å². The number of hydrogen-bond donors (Lipinski definition) is 1. The van der Waals surface area contributed by atoms with E-state index in [0.29, 0.717) is 5.82 Å². The van der Waals surface area contributed by atoms with Crippen LogP contribution in [0.1, 0.15) is 18.2 Å². The summed E-state index contributed by atoms with van der Waals surface area (Å²) in [5.41, 5.74) is 10.9. The van der Waals surface area contributed by atoms with E-state index in [4.69, 9.17) is 5.73 Å². The Morgan fingerprint density at radius 3 is 2.75 bits per heavy atom. The van der Waals surface area contributed by atoms with Gasteiger partial charge in [0.1, 0.15) is 12.1 Å². The summed E-state index contributed by atoms with van der Waals surface area (Å²) in [7, 11) is 0. The van der Waals surface area contributed by atoms with Crippen LogP contribution in [0.4, 0.5) is 5.82 Å². The van der Waals surface area contributed by atoms with E-state index in [2.05, 4.69) is 34.0 Å². The van der Waals surface area contributed by atoms with Crippen LogP contribution < -0.4 is 5.73 Å². The van der Waals surface area contributed by atoms with Gasteiger partial charge in [0, 0.05) is 22.2 Å². The summed E-state index contributed by atoms with van der Waals surface area (Å²) in [5, 5.41) is 1.10. The number of aryl methyl sites for hydroxylation is 1. The van der Waals surface area contributed by atoms with Gasteiger partial charge in [-0.2, -0.15) is 0 Å². The van der Waals surface area contributed by atoms with E-state index in [9.17, 15) is 0 Å². The average Bonchev–Trinajstić information content (AvgIpc) is 2.46. The minimum absolute atomic E-state index is 0.555. The second-order valence-corrected chi connectivity index (χ2v) is 4.80. The van der Waals surface area contributed by atoms with Gasteiger partial charge in [0.25, 0.3) is 0 Å². The first-order valence-electron chi connectivity index (χ1n) is 6.66. The topological polar surface area (TPSA) is 64.7 Å². The third-order valence-electron chi connectivity index (χ3n) is 3.43. The number of anilines is 1. The molecule has 2 heterocycles. The van der Waals surface area contributed by atoms with E-state index in [1.165, 1.54) is 6.33 Å². The molecular formula is C16H16N4.